The average Bonchev–Trinajstić information content (AvgIpc) is 2.24. The minimum absolute atomic E-state index is 0.202. The smallest absolute Gasteiger partial charge is 0.407 e. The van der Waals surface area contributed by atoms with Gasteiger partial charge in [0.25, 0.3) is 0 Å². The molecule has 0 saturated carbocycles. The maximum Gasteiger partial charge on any atom is 0.407 e. The van der Waals surface area contributed by atoms with Gasteiger partial charge < -0.3 is 15.8 Å². The first kappa shape index (κ1) is 12.5. The van der Waals surface area contributed by atoms with Gasteiger partial charge in [0, 0.05) is 12.1 Å². The lowest BCUT2D eigenvalue weighted by Crippen LogP contribution is -2.40. The Morgan fingerprint density at radius 1 is 1.38 bits per heavy atom. The molecule has 0 fully saturated rings. The number of hydrogen-bond acceptors (Lipinski definition) is 3. The van der Waals surface area contributed by atoms with Crippen LogP contribution < -0.4 is 11.1 Å². The fraction of sp³-hybridized carbons (Fsp3) is 0.417. The summed E-state index contributed by atoms with van der Waals surface area (Å²) < 4.78 is 4.95. The van der Waals surface area contributed by atoms with Crippen LogP contribution in [0.4, 0.5) is 4.79 Å². The van der Waals surface area contributed by atoms with Crippen molar-refractivity contribution in [1.82, 2.24) is 5.32 Å². The van der Waals surface area contributed by atoms with Gasteiger partial charge in [0.2, 0.25) is 0 Å². The third-order valence-corrected chi connectivity index (χ3v) is 1.85. The van der Waals surface area contributed by atoms with Crippen LogP contribution >= 0.6 is 0 Å². The third kappa shape index (κ3) is 5.36. The van der Waals surface area contributed by atoms with E-state index in [1.165, 1.54) is 0 Å². The summed E-state index contributed by atoms with van der Waals surface area (Å²) in [5, 5.41) is 2.65. The molecular formula is C12H18N2O2. The Hall–Kier alpha value is -1.55. The van der Waals surface area contributed by atoms with Crippen LogP contribution in [-0.4, -0.2) is 18.2 Å². The molecule has 0 atom stereocenters. The van der Waals surface area contributed by atoms with E-state index < -0.39 is 11.6 Å². The van der Waals surface area contributed by atoms with E-state index in [1.54, 1.807) is 13.8 Å². The average molecular weight is 222 g/mol. The molecule has 0 aliphatic rings. The Morgan fingerprint density at radius 3 is 2.56 bits per heavy atom. The molecule has 0 spiro atoms. The van der Waals surface area contributed by atoms with Crippen LogP contribution in [0.2, 0.25) is 0 Å². The normalized spacial score (nSPS) is 10.9. The minimum Gasteiger partial charge on any atom is -0.448 e. The summed E-state index contributed by atoms with van der Waals surface area (Å²) in [7, 11) is 0. The number of nitrogens with two attached hydrogens (primary N) is 1. The highest BCUT2D eigenvalue weighted by Gasteiger charge is 2.13. The van der Waals surface area contributed by atoms with Crippen molar-refractivity contribution in [2.75, 3.05) is 6.61 Å². The molecule has 0 bridgehead atoms. The summed E-state index contributed by atoms with van der Waals surface area (Å²) in [5.74, 6) is 0. The predicted molar refractivity (Wildman–Crippen MR) is 62.9 cm³/mol. The number of nitrogens with one attached hydrogen (secondary N) is 1. The molecule has 0 aliphatic heterocycles. The Bertz CT molecular complexity index is 331. The number of benzene rings is 1. The molecule has 16 heavy (non-hydrogen) atoms. The molecule has 0 radical (unpaired) electrons. The van der Waals surface area contributed by atoms with Crippen LogP contribution in [0.15, 0.2) is 30.3 Å². The molecule has 4 heteroatoms. The van der Waals surface area contributed by atoms with Gasteiger partial charge in [-0.25, -0.2) is 4.79 Å². The lowest BCUT2D eigenvalue weighted by molar-refractivity contribution is 0.124. The highest BCUT2D eigenvalue weighted by atomic mass is 16.5. The van der Waals surface area contributed by atoms with Gasteiger partial charge in [-0.2, -0.15) is 0 Å². The van der Waals surface area contributed by atoms with Gasteiger partial charge in [-0.1, -0.05) is 30.3 Å². The fourth-order valence-electron chi connectivity index (χ4n) is 1.07. The van der Waals surface area contributed by atoms with E-state index in [0.29, 0.717) is 6.54 Å². The molecule has 88 valence electrons. The monoisotopic (exact) mass is 222 g/mol. The maximum atomic E-state index is 11.3. The molecule has 4 nitrogen and oxygen atoms in total. The quantitative estimate of drug-likeness (QED) is 0.814. The Labute approximate surface area is 95.8 Å². The van der Waals surface area contributed by atoms with Crippen LogP contribution in [0.1, 0.15) is 19.4 Å². The van der Waals surface area contributed by atoms with E-state index in [1.807, 2.05) is 30.3 Å². The first-order chi connectivity index (χ1) is 7.47. The number of carbonyl (C=O) groups is 1. The zero-order valence-corrected chi connectivity index (χ0v) is 9.69. The second-order valence-electron chi connectivity index (χ2n) is 4.40. The van der Waals surface area contributed by atoms with Crippen LogP contribution in [0.3, 0.4) is 0 Å². The van der Waals surface area contributed by atoms with Crippen molar-refractivity contribution in [3.8, 4) is 0 Å². The number of rotatable bonds is 4. The van der Waals surface area contributed by atoms with Gasteiger partial charge in [-0.15, -0.1) is 0 Å². The van der Waals surface area contributed by atoms with Crippen molar-refractivity contribution in [3.63, 3.8) is 0 Å². The molecule has 0 saturated heterocycles. The Balaban J connectivity index is 2.26. The number of amides is 1. The molecule has 1 aromatic rings. The highest BCUT2D eigenvalue weighted by molar-refractivity contribution is 5.67. The molecule has 1 aromatic carbocycles. The lowest BCUT2D eigenvalue weighted by Gasteiger charge is -2.18. The summed E-state index contributed by atoms with van der Waals surface area (Å²) in [4.78, 5) is 11.3. The maximum absolute atomic E-state index is 11.3. The van der Waals surface area contributed by atoms with E-state index in [-0.39, 0.29) is 6.61 Å². The zero-order valence-electron chi connectivity index (χ0n) is 9.69. The lowest BCUT2D eigenvalue weighted by atomic mass is 10.1. The molecule has 1 rings (SSSR count). The number of ether oxygens (including phenoxy) is 1. The SMILES string of the molecule is CC(C)(N)COC(=O)NCc1ccccc1. The molecule has 3 N–H and O–H groups in total. The zero-order chi connectivity index (χ0) is 12.0. The molecule has 0 unspecified atom stereocenters. The van der Waals surface area contributed by atoms with Gasteiger partial charge in [0.1, 0.15) is 6.61 Å². The van der Waals surface area contributed by atoms with E-state index in [0.717, 1.165) is 5.56 Å². The van der Waals surface area contributed by atoms with Crippen molar-refractivity contribution in [1.29, 1.82) is 0 Å². The molecule has 0 aromatic heterocycles. The van der Waals surface area contributed by atoms with E-state index in [2.05, 4.69) is 5.32 Å². The minimum atomic E-state index is -0.496. The number of carbonyl (C=O) groups excluding carboxylic acids is 1. The third-order valence-electron chi connectivity index (χ3n) is 1.85. The van der Waals surface area contributed by atoms with Crippen LogP contribution in [-0.2, 0) is 11.3 Å². The first-order valence-corrected chi connectivity index (χ1v) is 5.21. The summed E-state index contributed by atoms with van der Waals surface area (Å²) in [5.41, 5.74) is 6.22. The van der Waals surface area contributed by atoms with Crippen LogP contribution in [0.25, 0.3) is 0 Å². The summed E-state index contributed by atoms with van der Waals surface area (Å²) in [6.45, 7) is 4.27. The van der Waals surface area contributed by atoms with Crippen molar-refractivity contribution in [2.45, 2.75) is 25.9 Å². The fourth-order valence-corrected chi connectivity index (χ4v) is 1.07. The number of alkyl carbamates (subject to hydrolysis) is 1. The summed E-state index contributed by atoms with van der Waals surface area (Å²) >= 11 is 0. The van der Waals surface area contributed by atoms with Gasteiger partial charge >= 0.3 is 6.09 Å². The van der Waals surface area contributed by atoms with Crippen molar-refractivity contribution >= 4 is 6.09 Å². The summed E-state index contributed by atoms with van der Waals surface area (Å²) in [6, 6.07) is 9.65. The van der Waals surface area contributed by atoms with Crippen molar-refractivity contribution in [2.24, 2.45) is 5.73 Å². The molecule has 1 amide bonds. The topological polar surface area (TPSA) is 64.3 Å². The van der Waals surface area contributed by atoms with Crippen LogP contribution in [0.5, 0.6) is 0 Å². The van der Waals surface area contributed by atoms with Crippen molar-refractivity contribution < 1.29 is 9.53 Å². The molecule has 0 heterocycles. The van der Waals surface area contributed by atoms with E-state index >= 15 is 0 Å². The second-order valence-corrected chi connectivity index (χ2v) is 4.40. The van der Waals surface area contributed by atoms with Gasteiger partial charge in [0.15, 0.2) is 0 Å². The van der Waals surface area contributed by atoms with Crippen molar-refractivity contribution in [3.05, 3.63) is 35.9 Å². The van der Waals surface area contributed by atoms with Gasteiger partial charge in [-0.05, 0) is 19.4 Å². The van der Waals surface area contributed by atoms with E-state index in [9.17, 15) is 4.79 Å². The Kier molecular flexibility index (Phi) is 4.31. The molecule has 0 aliphatic carbocycles. The van der Waals surface area contributed by atoms with Crippen LogP contribution in [0, 0.1) is 0 Å². The standard InChI is InChI=1S/C12H18N2O2/c1-12(2,13)9-16-11(15)14-8-10-6-4-3-5-7-10/h3-7H,8-9,13H2,1-2H3,(H,14,15). The second kappa shape index (κ2) is 5.51. The highest BCUT2D eigenvalue weighted by Crippen LogP contribution is 1.99. The van der Waals surface area contributed by atoms with Gasteiger partial charge in [0.05, 0.1) is 0 Å². The van der Waals surface area contributed by atoms with Gasteiger partial charge in [-0.3, -0.25) is 0 Å². The molecular weight excluding hydrogens is 204 g/mol. The summed E-state index contributed by atoms with van der Waals surface area (Å²) in [6.07, 6.45) is -0.442. The Morgan fingerprint density at radius 2 is 2.00 bits per heavy atom. The van der Waals surface area contributed by atoms with E-state index in [4.69, 9.17) is 10.5 Å². The number of hydrogen-bond donors (Lipinski definition) is 2. The first-order valence-electron chi connectivity index (χ1n) is 5.21. The predicted octanol–water partition coefficient (Wildman–Crippen LogP) is 1.65. The largest absolute Gasteiger partial charge is 0.448 e.